The zero-order valence-electron chi connectivity index (χ0n) is 17.4. The Labute approximate surface area is 176 Å². The molecule has 0 atom stereocenters. The van der Waals surface area contributed by atoms with Gasteiger partial charge in [-0.1, -0.05) is 49.9 Å². The molecular formula is C21H26N4O4S. The van der Waals surface area contributed by atoms with E-state index in [4.69, 9.17) is 9.57 Å². The number of hydrogen-bond acceptors (Lipinski definition) is 6. The Balaban J connectivity index is 1.54. The number of rotatable bonds is 5. The molecule has 9 heteroatoms. The van der Waals surface area contributed by atoms with Crippen LogP contribution in [0.4, 0.5) is 0 Å². The maximum absolute atomic E-state index is 12.9. The van der Waals surface area contributed by atoms with Crippen molar-refractivity contribution in [1.29, 1.82) is 0 Å². The van der Waals surface area contributed by atoms with Gasteiger partial charge in [0.15, 0.2) is 0 Å². The molecule has 160 valence electrons. The fraction of sp³-hybridized carbons (Fsp3) is 0.429. The standard InChI is InChI=1S/C21H26N4O4S/c1-21(2,3)17-6-4-16(5-7-17)15-29-25-20-14-18(8-9-19(20)22-23-25)30(26,27)24-10-12-28-13-11-24/h4-9,14H,10-13,15H2,1-3H3. The molecule has 0 unspecified atom stereocenters. The number of fused-ring (bicyclic) bond motifs is 1. The van der Waals surface area contributed by atoms with E-state index in [0.29, 0.717) is 43.9 Å². The number of benzene rings is 2. The minimum absolute atomic E-state index is 0.0872. The molecule has 8 nitrogen and oxygen atoms in total. The van der Waals surface area contributed by atoms with E-state index in [2.05, 4.69) is 43.2 Å². The first-order chi connectivity index (χ1) is 14.2. The third-order valence-corrected chi connectivity index (χ3v) is 7.06. The fourth-order valence-electron chi connectivity index (χ4n) is 3.31. The van der Waals surface area contributed by atoms with Gasteiger partial charge in [-0.2, -0.15) is 4.31 Å². The van der Waals surface area contributed by atoms with Crippen molar-refractivity contribution in [3.05, 3.63) is 53.6 Å². The zero-order valence-corrected chi connectivity index (χ0v) is 18.2. The summed E-state index contributed by atoms with van der Waals surface area (Å²) in [7, 11) is -3.61. The maximum Gasteiger partial charge on any atom is 0.243 e. The SMILES string of the molecule is CC(C)(C)c1ccc(COn2nnc3ccc(S(=O)(=O)N4CCOCC4)cc32)cc1. The van der Waals surface area contributed by atoms with Crippen molar-refractivity contribution in [2.45, 2.75) is 37.7 Å². The molecule has 1 aromatic heterocycles. The molecule has 0 amide bonds. The van der Waals surface area contributed by atoms with E-state index < -0.39 is 10.0 Å². The Bertz CT molecular complexity index is 1130. The lowest BCUT2D eigenvalue weighted by atomic mass is 9.87. The van der Waals surface area contributed by atoms with Gasteiger partial charge in [-0.25, -0.2) is 8.42 Å². The number of hydrogen-bond donors (Lipinski definition) is 0. The molecule has 2 aromatic carbocycles. The van der Waals surface area contributed by atoms with E-state index in [0.717, 1.165) is 5.56 Å². The number of morpholine rings is 1. The quantitative estimate of drug-likeness (QED) is 0.618. The van der Waals surface area contributed by atoms with Crippen molar-refractivity contribution in [2.75, 3.05) is 26.3 Å². The third-order valence-electron chi connectivity index (χ3n) is 5.17. The van der Waals surface area contributed by atoms with Gasteiger partial charge in [0.1, 0.15) is 17.6 Å². The summed E-state index contributed by atoms with van der Waals surface area (Å²) in [5, 5.41) is 8.09. The molecule has 2 heterocycles. The highest BCUT2D eigenvalue weighted by Crippen LogP contribution is 2.23. The van der Waals surface area contributed by atoms with Crippen LogP contribution >= 0.6 is 0 Å². The van der Waals surface area contributed by atoms with Crippen LogP contribution in [-0.2, 0) is 26.8 Å². The smallest absolute Gasteiger partial charge is 0.243 e. The molecule has 1 aliphatic heterocycles. The molecule has 0 radical (unpaired) electrons. The average molecular weight is 431 g/mol. The summed E-state index contributed by atoms with van der Waals surface area (Å²) in [6.07, 6.45) is 0. The van der Waals surface area contributed by atoms with Crippen molar-refractivity contribution in [3.8, 4) is 0 Å². The van der Waals surface area contributed by atoms with Gasteiger partial charge in [-0.15, -0.1) is 5.10 Å². The molecule has 3 aromatic rings. The molecule has 1 aliphatic rings. The topological polar surface area (TPSA) is 86.5 Å². The average Bonchev–Trinajstić information content (AvgIpc) is 3.15. The Hall–Kier alpha value is -2.49. The minimum atomic E-state index is -3.61. The highest BCUT2D eigenvalue weighted by molar-refractivity contribution is 7.89. The van der Waals surface area contributed by atoms with Crippen LogP contribution in [0, 0.1) is 0 Å². The summed E-state index contributed by atoms with van der Waals surface area (Å²) in [6.45, 7) is 8.30. The summed E-state index contributed by atoms with van der Waals surface area (Å²) >= 11 is 0. The monoisotopic (exact) mass is 430 g/mol. The lowest BCUT2D eigenvalue weighted by Gasteiger charge is -2.26. The first kappa shape index (κ1) is 20.8. The summed E-state index contributed by atoms with van der Waals surface area (Å²) in [4.78, 5) is 7.27. The second-order valence-electron chi connectivity index (χ2n) is 8.35. The predicted octanol–water partition coefficient (Wildman–Crippen LogP) is 2.38. The molecule has 0 bridgehead atoms. The van der Waals surface area contributed by atoms with E-state index in [-0.39, 0.29) is 10.3 Å². The first-order valence-electron chi connectivity index (χ1n) is 9.91. The molecule has 1 fully saturated rings. The van der Waals surface area contributed by atoms with Gasteiger partial charge in [0.2, 0.25) is 10.0 Å². The van der Waals surface area contributed by atoms with Gasteiger partial charge in [-0.3, -0.25) is 0 Å². The number of ether oxygens (including phenoxy) is 1. The highest BCUT2D eigenvalue weighted by atomic mass is 32.2. The van der Waals surface area contributed by atoms with Crippen molar-refractivity contribution in [3.63, 3.8) is 0 Å². The van der Waals surface area contributed by atoms with Gasteiger partial charge < -0.3 is 9.57 Å². The number of aromatic nitrogens is 3. The first-order valence-corrected chi connectivity index (χ1v) is 11.4. The van der Waals surface area contributed by atoms with E-state index >= 15 is 0 Å². The third kappa shape index (κ3) is 4.19. The summed E-state index contributed by atoms with van der Waals surface area (Å²) in [5.41, 5.74) is 3.40. The van der Waals surface area contributed by atoms with Gasteiger partial charge >= 0.3 is 0 Å². The largest absolute Gasteiger partial charge is 0.390 e. The van der Waals surface area contributed by atoms with E-state index in [1.165, 1.54) is 14.7 Å². The summed E-state index contributed by atoms with van der Waals surface area (Å²) < 4.78 is 32.6. The van der Waals surface area contributed by atoms with Crippen LogP contribution in [-0.4, -0.2) is 54.2 Å². The van der Waals surface area contributed by atoms with Gasteiger partial charge in [0, 0.05) is 13.1 Å². The minimum Gasteiger partial charge on any atom is -0.390 e. The summed E-state index contributed by atoms with van der Waals surface area (Å²) in [6, 6.07) is 13.0. The lowest BCUT2D eigenvalue weighted by Crippen LogP contribution is -2.40. The second-order valence-corrected chi connectivity index (χ2v) is 10.3. The van der Waals surface area contributed by atoms with Crippen LogP contribution in [0.25, 0.3) is 11.0 Å². The predicted molar refractivity (Wildman–Crippen MR) is 113 cm³/mol. The molecule has 30 heavy (non-hydrogen) atoms. The van der Waals surface area contributed by atoms with E-state index in [1.54, 1.807) is 18.2 Å². The molecular weight excluding hydrogens is 404 g/mol. The van der Waals surface area contributed by atoms with Crippen molar-refractivity contribution in [1.82, 2.24) is 19.5 Å². The summed E-state index contributed by atoms with van der Waals surface area (Å²) in [5.74, 6) is 0. The van der Waals surface area contributed by atoms with Gasteiger partial charge in [0.25, 0.3) is 0 Å². The molecule has 4 rings (SSSR count). The number of sulfonamides is 1. The molecule has 0 N–H and O–H groups in total. The van der Waals surface area contributed by atoms with Crippen LogP contribution in [0.5, 0.6) is 0 Å². The zero-order chi connectivity index (χ0) is 21.4. The van der Waals surface area contributed by atoms with Crippen molar-refractivity contribution < 1.29 is 18.0 Å². The normalized spacial score (nSPS) is 16.1. The maximum atomic E-state index is 12.9. The van der Waals surface area contributed by atoms with Crippen molar-refractivity contribution in [2.24, 2.45) is 0 Å². The Kier molecular flexibility index (Phi) is 5.52. The van der Waals surface area contributed by atoms with Crippen LogP contribution < -0.4 is 4.84 Å². The Morgan fingerprint density at radius 2 is 1.77 bits per heavy atom. The Morgan fingerprint density at radius 1 is 1.07 bits per heavy atom. The van der Waals surface area contributed by atoms with Gasteiger partial charge in [0.05, 0.1) is 18.1 Å². The second kappa shape index (κ2) is 7.98. The van der Waals surface area contributed by atoms with Crippen LogP contribution in [0.2, 0.25) is 0 Å². The molecule has 1 saturated heterocycles. The molecule has 0 saturated carbocycles. The molecule has 0 spiro atoms. The Morgan fingerprint density at radius 3 is 2.43 bits per heavy atom. The highest BCUT2D eigenvalue weighted by Gasteiger charge is 2.27. The van der Waals surface area contributed by atoms with Crippen LogP contribution in [0.1, 0.15) is 31.9 Å². The fourth-order valence-corrected chi connectivity index (χ4v) is 4.73. The van der Waals surface area contributed by atoms with Gasteiger partial charge in [-0.05, 0) is 40.0 Å². The van der Waals surface area contributed by atoms with E-state index in [1.807, 2.05) is 12.1 Å². The molecule has 0 aliphatic carbocycles. The van der Waals surface area contributed by atoms with Crippen LogP contribution in [0.15, 0.2) is 47.4 Å². The number of nitrogens with zero attached hydrogens (tertiary/aromatic N) is 4. The lowest BCUT2D eigenvalue weighted by molar-refractivity contribution is 0.0729. The van der Waals surface area contributed by atoms with Crippen LogP contribution in [0.3, 0.4) is 0 Å². The van der Waals surface area contributed by atoms with E-state index in [9.17, 15) is 8.42 Å². The van der Waals surface area contributed by atoms with Crippen molar-refractivity contribution >= 4 is 21.1 Å².